The number of benzene rings is 2. The number of amides is 3. The van der Waals surface area contributed by atoms with Crippen LogP contribution in [0.3, 0.4) is 0 Å². The first kappa shape index (κ1) is 19.9. The molecule has 4 rings (SSSR count). The molecule has 7 heteroatoms. The second kappa shape index (κ2) is 8.16. The van der Waals surface area contributed by atoms with Crippen molar-refractivity contribution in [2.75, 3.05) is 6.54 Å². The summed E-state index contributed by atoms with van der Waals surface area (Å²) in [6.45, 7) is 2.65. The number of hydrogen-bond donors (Lipinski definition) is 3. The molecule has 3 N–H and O–H groups in total. The Morgan fingerprint density at radius 3 is 2.13 bits per heavy atom. The van der Waals surface area contributed by atoms with Crippen molar-refractivity contribution in [3.05, 3.63) is 81.4 Å². The molecule has 0 radical (unpaired) electrons. The zero-order valence-electron chi connectivity index (χ0n) is 16.3. The summed E-state index contributed by atoms with van der Waals surface area (Å²) in [6.07, 6.45) is 1.89. The average molecular weight is 422 g/mol. The minimum Gasteiger partial charge on any atom is -0.352 e. The molecular formula is C23H20ClN3O3. The molecule has 3 amide bonds. The monoisotopic (exact) mass is 421 g/mol. The van der Waals surface area contributed by atoms with Gasteiger partial charge in [-0.15, -0.1) is 0 Å². The molecule has 0 atom stereocenters. The number of fused-ring (bicyclic) bond motifs is 1. The molecule has 2 aliphatic rings. The van der Waals surface area contributed by atoms with Crippen molar-refractivity contribution in [2.24, 2.45) is 0 Å². The number of carbonyl (C=O) groups excluding carboxylic acids is 3. The van der Waals surface area contributed by atoms with Crippen LogP contribution in [-0.2, 0) is 9.59 Å². The maximum Gasteiger partial charge on any atom is 0.258 e. The largest absolute Gasteiger partial charge is 0.352 e. The number of unbranched alkanes of at least 4 members (excludes halogenated alkanes) is 1. The minimum atomic E-state index is -0.369. The lowest BCUT2D eigenvalue weighted by molar-refractivity contribution is -0.117. The van der Waals surface area contributed by atoms with E-state index in [9.17, 15) is 14.4 Å². The van der Waals surface area contributed by atoms with Crippen molar-refractivity contribution < 1.29 is 14.4 Å². The van der Waals surface area contributed by atoms with Crippen LogP contribution in [-0.4, -0.2) is 24.3 Å². The minimum absolute atomic E-state index is 0.188. The van der Waals surface area contributed by atoms with Crippen LogP contribution in [0.1, 0.15) is 41.3 Å². The highest BCUT2D eigenvalue weighted by Crippen LogP contribution is 2.37. The quantitative estimate of drug-likeness (QED) is 0.626. The predicted octanol–water partition coefficient (Wildman–Crippen LogP) is 3.25. The Kier molecular flexibility index (Phi) is 5.42. The van der Waals surface area contributed by atoms with Gasteiger partial charge < -0.3 is 16.0 Å². The summed E-state index contributed by atoms with van der Waals surface area (Å²) in [4.78, 5) is 37.9. The van der Waals surface area contributed by atoms with Gasteiger partial charge in [0.25, 0.3) is 17.7 Å². The van der Waals surface area contributed by atoms with Crippen LogP contribution in [0, 0.1) is 0 Å². The lowest BCUT2D eigenvalue weighted by Crippen LogP contribution is -2.24. The summed E-state index contributed by atoms with van der Waals surface area (Å²) in [7, 11) is 0. The third kappa shape index (κ3) is 3.62. The zero-order chi connectivity index (χ0) is 21.3. The van der Waals surface area contributed by atoms with Gasteiger partial charge in [-0.3, -0.25) is 14.4 Å². The summed E-state index contributed by atoms with van der Waals surface area (Å²) in [6, 6.07) is 13.8. The van der Waals surface area contributed by atoms with E-state index < -0.39 is 0 Å². The van der Waals surface area contributed by atoms with Gasteiger partial charge in [-0.05, 0) is 36.2 Å². The fraction of sp³-hybridized carbons (Fsp3) is 0.174. The highest BCUT2D eigenvalue weighted by Gasteiger charge is 2.40. The molecular weight excluding hydrogens is 402 g/mol. The van der Waals surface area contributed by atoms with Crippen molar-refractivity contribution in [1.29, 1.82) is 0 Å². The molecule has 0 saturated heterocycles. The lowest BCUT2D eigenvalue weighted by Gasteiger charge is -2.09. The van der Waals surface area contributed by atoms with Crippen molar-refractivity contribution >= 4 is 40.7 Å². The highest BCUT2D eigenvalue weighted by molar-refractivity contribution is 6.32. The van der Waals surface area contributed by atoms with Crippen LogP contribution in [0.15, 0.2) is 59.7 Å². The molecule has 0 aromatic heterocycles. The van der Waals surface area contributed by atoms with E-state index in [4.69, 9.17) is 11.6 Å². The van der Waals surface area contributed by atoms with Crippen molar-refractivity contribution in [2.45, 2.75) is 19.8 Å². The van der Waals surface area contributed by atoms with Crippen molar-refractivity contribution in [3.8, 4) is 0 Å². The van der Waals surface area contributed by atoms with E-state index in [0.29, 0.717) is 39.7 Å². The summed E-state index contributed by atoms with van der Waals surface area (Å²) >= 11 is 6.07. The fourth-order valence-electron chi connectivity index (χ4n) is 3.55. The molecule has 0 fully saturated rings. The van der Waals surface area contributed by atoms with Crippen LogP contribution in [0.2, 0.25) is 5.02 Å². The number of rotatable bonds is 6. The third-order valence-corrected chi connectivity index (χ3v) is 5.26. The smallest absolute Gasteiger partial charge is 0.258 e. The van der Waals surface area contributed by atoms with E-state index in [2.05, 4.69) is 22.9 Å². The Balaban J connectivity index is 1.73. The standard InChI is InChI=1S/C23H20ClN3O3/c1-2-3-10-25-21(28)15-8-4-6-13(11-15)19-17-18(23(30)26-19)20(27-22(17)29)14-7-5-9-16(24)12-14/h4-9,11-12H,2-3,10H2,1H3,(H,25,28)(H,26,30)(H,27,29). The maximum absolute atomic E-state index is 12.7. The predicted molar refractivity (Wildman–Crippen MR) is 115 cm³/mol. The average Bonchev–Trinajstić information content (AvgIpc) is 3.27. The van der Waals surface area contributed by atoms with Gasteiger partial charge in [-0.25, -0.2) is 0 Å². The molecule has 2 aromatic rings. The van der Waals surface area contributed by atoms with Crippen LogP contribution in [0.5, 0.6) is 0 Å². The molecule has 0 saturated carbocycles. The molecule has 2 heterocycles. The van der Waals surface area contributed by atoms with Crippen LogP contribution in [0.25, 0.3) is 11.4 Å². The SMILES string of the molecule is CCCCNC(=O)c1cccc(C2=C3C(=O)NC(c4cccc(Cl)c4)=C3C(=O)N2)c1. The first-order valence-electron chi connectivity index (χ1n) is 9.75. The van der Waals surface area contributed by atoms with Gasteiger partial charge in [0.1, 0.15) is 0 Å². The molecule has 6 nitrogen and oxygen atoms in total. The van der Waals surface area contributed by atoms with Gasteiger partial charge in [-0.1, -0.05) is 49.2 Å². The van der Waals surface area contributed by atoms with Crippen molar-refractivity contribution in [3.63, 3.8) is 0 Å². The molecule has 0 spiro atoms. The zero-order valence-corrected chi connectivity index (χ0v) is 17.1. The molecule has 0 aliphatic carbocycles. The van der Waals surface area contributed by atoms with Crippen LogP contribution in [0.4, 0.5) is 0 Å². The second-order valence-electron chi connectivity index (χ2n) is 7.11. The topological polar surface area (TPSA) is 87.3 Å². The Labute approximate surface area is 179 Å². The summed E-state index contributed by atoms with van der Waals surface area (Å²) in [5.74, 6) is -0.927. The Bertz CT molecular complexity index is 1130. The van der Waals surface area contributed by atoms with E-state index in [1.54, 1.807) is 48.5 Å². The molecule has 152 valence electrons. The van der Waals surface area contributed by atoms with Gasteiger partial charge >= 0.3 is 0 Å². The maximum atomic E-state index is 12.7. The highest BCUT2D eigenvalue weighted by atomic mass is 35.5. The number of hydrogen-bond acceptors (Lipinski definition) is 3. The number of halogens is 1. The molecule has 2 aromatic carbocycles. The molecule has 30 heavy (non-hydrogen) atoms. The second-order valence-corrected chi connectivity index (χ2v) is 7.55. The van der Waals surface area contributed by atoms with E-state index in [1.165, 1.54) is 0 Å². The van der Waals surface area contributed by atoms with E-state index >= 15 is 0 Å². The first-order valence-corrected chi connectivity index (χ1v) is 10.1. The Morgan fingerprint density at radius 2 is 1.53 bits per heavy atom. The van der Waals surface area contributed by atoms with Crippen LogP contribution >= 0.6 is 11.6 Å². The molecule has 0 bridgehead atoms. The summed E-state index contributed by atoms with van der Waals surface area (Å²) in [5.41, 5.74) is 3.11. The van der Waals surface area contributed by atoms with Gasteiger partial charge in [0, 0.05) is 22.7 Å². The van der Waals surface area contributed by atoms with Gasteiger partial charge in [0.15, 0.2) is 0 Å². The van der Waals surface area contributed by atoms with E-state index in [0.717, 1.165) is 12.8 Å². The Morgan fingerprint density at radius 1 is 0.933 bits per heavy atom. The normalized spacial score (nSPS) is 15.3. The summed E-state index contributed by atoms with van der Waals surface area (Å²) in [5, 5.41) is 8.96. The fourth-order valence-corrected chi connectivity index (χ4v) is 3.75. The molecule has 2 aliphatic heterocycles. The van der Waals surface area contributed by atoms with Gasteiger partial charge in [0.05, 0.1) is 22.5 Å². The van der Waals surface area contributed by atoms with Gasteiger partial charge in [-0.2, -0.15) is 0 Å². The third-order valence-electron chi connectivity index (χ3n) is 5.02. The lowest BCUT2D eigenvalue weighted by atomic mass is 10.0. The molecule has 0 unspecified atom stereocenters. The van der Waals surface area contributed by atoms with Crippen LogP contribution < -0.4 is 16.0 Å². The number of nitrogens with one attached hydrogen (secondary N) is 3. The van der Waals surface area contributed by atoms with E-state index in [-0.39, 0.29) is 28.9 Å². The first-order chi connectivity index (χ1) is 14.5. The number of carbonyl (C=O) groups is 3. The summed E-state index contributed by atoms with van der Waals surface area (Å²) < 4.78 is 0. The Hall–Kier alpha value is -3.38. The van der Waals surface area contributed by atoms with Gasteiger partial charge in [0.2, 0.25) is 0 Å². The van der Waals surface area contributed by atoms with E-state index in [1.807, 2.05) is 0 Å². The van der Waals surface area contributed by atoms with Crippen molar-refractivity contribution in [1.82, 2.24) is 16.0 Å².